The SMILES string of the molecule is CC(C)c1ccc(COc2ccc(Cl)cc2-c2csc(Nc3ccc(C(=O)O)cc3)n2)cc1. The quantitative estimate of drug-likeness (QED) is 0.272. The second-order valence-electron chi connectivity index (χ2n) is 7.87. The molecule has 0 unspecified atom stereocenters. The average Bonchev–Trinajstić information content (AvgIpc) is 3.27. The molecule has 0 aliphatic heterocycles. The molecular weight excluding hydrogens is 456 g/mol. The number of aromatic nitrogens is 1. The number of nitrogens with zero attached hydrogens (tertiary/aromatic N) is 1. The fourth-order valence-electron chi connectivity index (χ4n) is 3.26. The van der Waals surface area contributed by atoms with Crippen LogP contribution in [0, 0.1) is 0 Å². The minimum atomic E-state index is -0.956. The average molecular weight is 479 g/mol. The molecule has 33 heavy (non-hydrogen) atoms. The molecule has 0 saturated carbocycles. The molecule has 0 spiro atoms. The Bertz CT molecular complexity index is 1250. The van der Waals surface area contributed by atoms with Crippen LogP contribution >= 0.6 is 22.9 Å². The summed E-state index contributed by atoms with van der Waals surface area (Å²) in [5, 5.41) is 15.5. The summed E-state index contributed by atoms with van der Waals surface area (Å²) >= 11 is 7.71. The molecule has 0 atom stereocenters. The molecule has 0 saturated heterocycles. The van der Waals surface area contributed by atoms with Crippen molar-refractivity contribution in [1.29, 1.82) is 0 Å². The molecule has 1 aromatic heterocycles. The summed E-state index contributed by atoms with van der Waals surface area (Å²) in [6.45, 7) is 4.79. The zero-order chi connectivity index (χ0) is 23.4. The maximum Gasteiger partial charge on any atom is 0.335 e. The second-order valence-corrected chi connectivity index (χ2v) is 9.17. The standard InChI is InChI=1S/C26H23ClN2O3S/c1-16(2)18-5-3-17(4-6-18)14-32-24-12-9-20(27)13-22(24)23-15-33-26(29-23)28-21-10-7-19(8-11-21)25(30)31/h3-13,15-16H,14H2,1-2H3,(H,28,29)(H,30,31). The van der Waals surface area contributed by atoms with Crippen molar-refractivity contribution < 1.29 is 14.6 Å². The summed E-state index contributed by atoms with van der Waals surface area (Å²) in [4.78, 5) is 15.7. The minimum Gasteiger partial charge on any atom is -0.488 e. The smallest absolute Gasteiger partial charge is 0.335 e. The van der Waals surface area contributed by atoms with E-state index in [0.717, 1.165) is 22.5 Å². The van der Waals surface area contributed by atoms with Gasteiger partial charge in [0.25, 0.3) is 0 Å². The van der Waals surface area contributed by atoms with Crippen molar-refractivity contribution in [2.45, 2.75) is 26.4 Å². The molecular formula is C26H23ClN2O3S. The monoisotopic (exact) mass is 478 g/mol. The lowest BCUT2D eigenvalue weighted by molar-refractivity contribution is 0.0697. The first kappa shape index (κ1) is 22.8. The lowest BCUT2D eigenvalue weighted by atomic mass is 10.0. The number of hydrogen-bond donors (Lipinski definition) is 2. The van der Waals surface area contributed by atoms with Gasteiger partial charge < -0.3 is 15.2 Å². The maximum absolute atomic E-state index is 11.0. The van der Waals surface area contributed by atoms with Gasteiger partial charge in [0.15, 0.2) is 5.13 Å². The third-order valence-electron chi connectivity index (χ3n) is 5.15. The van der Waals surface area contributed by atoms with Gasteiger partial charge in [0.05, 0.1) is 11.3 Å². The van der Waals surface area contributed by atoms with Crippen LogP contribution in [0.5, 0.6) is 5.75 Å². The number of carbonyl (C=O) groups is 1. The van der Waals surface area contributed by atoms with Gasteiger partial charge >= 0.3 is 5.97 Å². The van der Waals surface area contributed by atoms with Crippen molar-refractivity contribution in [3.05, 3.63) is 93.8 Å². The van der Waals surface area contributed by atoms with Gasteiger partial charge in [-0.2, -0.15) is 0 Å². The molecule has 0 aliphatic rings. The predicted octanol–water partition coefficient (Wildman–Crippen LogP) is 7.61. The fraction of sp³-hybridized carbons (Fsp3) is 0.154. The van der Waals surface area contributed by atoms with Crippen LogP contribution in [0.1, 0.15) is 41.3 Å². The van der Waals surface area contributed by atoms with Crippen molar-refractivity contribution in [1.82, 2.24) is 4.98 Å². The van der Waals surface area contributed by atoms with Crippen molar-refractivity contribution in [2.75, 3.05) is 5.32 Å². The van der Waals surface area contributed by atoms with Crippen LogP contribution in [0.3, 0.4) is 0 Å². The Balaban J connectivity index is 1.50. The molecule has 168 valence electrons. The first-order valence-corrected chi connectivity index (χ1v) is 11.7. The van der Waals surface area contributed by atoms with Crippen molar-refractivity contribution in [2.24, 2.45) is 0 Å². The summed E-state index contributed by atoms with van der Waals surface area (Å²) < 4.78 is 6.13. The van der Waals surface area contributed by atoms with Crippen LogP contribution in [-0.4, -0.2) is 16.1 Å². The number of aromatic carboxylic acids is 1. The van der Waals surface area contributed by atoms with Gasteiger partial charge in [0.1, 0.15) is 12.4 Å². The summed E-state index contributed by atoms with van der Waals surface area (Å²) in [6.07, 6.45) is 0. The molecule has 4 aromatic rings. The van der Waals surface area contributed by atoms with E-state index in [2.05, 4.69) is 48.4 Å². The first-order chi connectivity index (χ1) is 15.9. The molecule has 0 radical (unpaired) electrons. The summed E-state index contributed by atoms with van der Waals surface area (Å²) in [6, 6.07) is 20.5. The lowest BCUT2D eigenvalue weighted by Crippen LogP contribution is -1.98. The number of thiazole rings is 1. The lowest BCUT2D eigenvalue weighted by Gasteiger charge is -2.12. The third kappa shape index (κ3) is 5.72. The molecule has 7 heteroatoms. The number of halogens is 1. The zero-order valence-electron chi connectivity index (χ0n) is 18.2. The number of anilines is 2. The van der Waals surface area contributed by atoms with E-state index in [1.54, 1.807) is 30.3 Å². The van der Waals surface area contributed by atoms with Crippen molar-refractivity contribution in [3.8, 4) is 17.0 Å². The van der Waals surface area contributed by atoms with E-state index in [9.17, 15) is 4.79 Å². The number of rotatable bonds is 8. The van der Waals surface area contributed by atoms with E-state index in [1.165, 1.54) is 16.9 Å². The van der Waals surface area contributed by atoms with Crippen LogP contribution in [0.2, 0.25) is 5.02 Å². The van der Waals surface area contributed by atoms with E-state index in [0.29, 0.717) is 28.4 Å². The van der Waals surface area contributed by atoms with E-state index in [-0.39, 0.29) is 5.56 Å². The highest BCUT2D eigenvalue weighted by molar-refractivity contribution is 7.14. The highest BCUT2D eigenvalue weighted by Crippen LogP contribution is 2.35. The van der Waals surface area contributed by atoms with Crippen LogP contribution in [0.4, 0.5) is 10.8 Å². The highest BCUT2D eigenvalue weighted by Gasteiger charge is 2.13. The molecule has 1 heterocycles. The number of carboxylic acid groups (broad SMARTS) is 1. The van der Waals surface area contributed by atoms with Gasteiger partial charge in [-0.3, -0.25) is 0 Å². The Hall–Kier alpha value is -3.35. The van der Waals surface area contributed by atoms with E-state index in [4.69, 9.17) is 21.4 Å². The number of carboxylic acids is 1. The van der Waals surface area contributed by atoms with Crippen LogP contribution < -0.4 is 10.1 Å². The molecule has 2 N–H and O–H groups in total. The highest BCUT2D eigenvalue weighted by atomic mass is 35.5. The Morgan fingerprint density at radius 1 is 1.09 bits per heavy atom. The summed E-state index contributed by atoms with van der Waals surface area (Å²) in [5.74, 6) is 0.239. The third-order valence-corrected chi connectivity index (χ3v) is 6.14. The number of benzene rings is 3. The predicted molar refractivity (Wildman–Crippen MR) is 134 cm³/mol. The summed E-state index contributed by atoms with van der Waals surface area (Å²) in [5.41, 5.74) is 4.94. The molecule has 0 aliphatic carbocycles. The topological polar surface area (TPSA) is 71.5 Å². The van der Waals surface area contributed by atoms with E-state index < -0.39 is 5.97 Å². The van der Waals surface area contributed by atoms with Crippen LogP contribution in [0.15, 0.2) is 72.1 Å². The molecule has 0 fully saturated rings. The maximum atomic E-state index is 11.0. The number of hydrogen-bond acceptors (Lipinski definition) is 5. The largest absolute Gasteiger partial charge is 0.488 e. The van der Waals surface area contributed by atoms with Gasteiger partial charge in [-0.05, 0) is 59.5 Å². The molecule has 0 bridgehead atoms. The van der Waals surface area contributed by atoms with Crippen molar-refractivity contribution in [3.63, 3.8) is 0 Å². The van der Waals surface area contributed by atoms with Gasteiger partial charge in [-0.25, -0.2) is 9.78 Å². The van der Waals surface area contributed by atoms with E-state index >= 15 is 0 Å². The fourth-order valence-corrected chi connectivity index (χ4v) is 4.17. The normalized spacial score (nSPS) is 10.9. The first-order valence-electron chi connectivity index (χ1n) is 10.5. The Morgan fingerprint density at radius 3 is 2.48 bits per heavy atom. The van der Waals surface area contributed by atoms with Crippen molar-refractivity contribution >= 4 is 39.7 Å². The number of nitrogens with one attached hydrogen (secondary N) is 1. The minimum absolute atomic E-state index is 0.236. The zero-order valence-corrected chi connectivity index (χ0v) is 19.8. The molecule has 3 aromatic carbocycles. The van der Waals surface area contributed by atoms with Gasteiger partial charge in [-0.1, -0.05) is 49.7 Å². The van der Waals surface area contributed by atoms with E-state index in [1.807, 2.05) is 17.5 Å². The number of ether oxygens (including phenoxy) is 1. The van der Waals surface area contributed by atoms with Crippen LogP contribution in [-0.2, 0) is 6.61 Å². The van der Waals surface area contributed by atoms with Crippen LogP contribution in [0.25, 0.3) is 11.3 Å². The summed E-state index contributed by atoms with van der Waals surface area (Å²) in [7, 11) is 0. The van der Waals surface area contributed by atoms with Gasteiger partial charge in [-0.15, -0.1) is 11.3 Å². The molecule has 4 rings (SSSR count). The van der Waals surface area contributed by atoms with Gasteiger partial charge in [0.2, 0.25) is 0 Å². The van der Waals surface area contributed by atoms with Gasteiger partial charge in [0, 0.05) is 21.7 Å². The molecule has 0 amide bonds. The second kappa shape index (κ2) is 10.1. The Labute approximate surface area is 201 Å². The molecule has 5 nitrogen and oxygen atoms in total. The Kier molecular flexibility index (Phi) is 6.96. The Morgan fingerprint density at radius 2 is 1.82 bits per heavy atom.